The number of carbonyl (C=O) groups is 1. The minimum Gasteiger partial charge on any atom is -0.379 e. The SMILES string of the molecule is CO[C@@H]1C[C@H]2CN(c3ncccc3C(N)=O)C[C@H]2C[C@H]1Nc1ccccn1. The van der Waals surface area contributed by atoms with Crippen molar-refractivity contribution in [2.75, 3.05) is 30.4 Å². The van der Waals surface area contributed by atoms with Crippen molar-refractivity contribution in [3.8, 4) is 0 Å². The molecule has 2 fully saturated rings. The van der Waals surface area contributed by atoms with E-state index in [1.54, 1.807) is 31.6 Å². The van der Waals surface area contributed by atoms with Crippen molar-refractivity contribution in [2.45, 2.75) is 25.0 Å². The number of ether oxygens (including phenoxy) is 1. The van der Waals surface area contributed by atoms with E-state index in [2.05, 4.69) is 20.2 Å². The van der Waals surface area contributed by atoms with E-state index < -0.39 is 5.91 Å². The molecule has 1 saturated carbocycles. The number of amides is 1. The number of aromatic nitrogens is 2. The number of anilines is 2. The second-order valence-corrected chi connectivity index (χ2v) is 7.38. The van der Waals surface area contributed by atoms with Crippen molar-refractivity contribution in [3.05, 3.63) is 48.3 Å². The van der Waals surface area contributed by atoms with Gasteiger partial charge in [0.25, 0.3) is 5.91 Å². The van der Waals surface area contributed by atoms with Gasteiger partial charge < -0.3 is 20.7 Å². The third-order valence-corrected chi connectivity index (χ3v) is 5.77. The summed E-state index contributed by atoms with van der Waals surface area (Å²) in [6, 6.07) is 9.58. The number of hydrogen-bond acceptors (Lipinski definition) is 6. The fraction of sp³-hybridized carbons (Fsp3) is 0.450. The molecule has 3 N–H and O–H groups in total. The number of pyridine rings is 2. The van der Waals surface area contributed by atoms with Crippen molar-refractivity contribution in [1.82, 2.24) is 9.97 Å². The van der Waals surface area contributed by atoms with E-state index >= 15 is 0 Å². The molecule has 4 rings (SSSR count). The fourth-order valence-electron chi connectivity index (χ4n) is 4.48. The lowest BCUT2D eigenvalue weighted by Crippen LogP contribution is -2.44. The maximum Gasteiger partial charge on any atom is 0.252 e. The maximum absolute atomic E-state index is 11.8. The Bertz CT molecular complexity index is 800. The molecule has 0 bridgehead atoms. The molecule has 1 aliphatic heterocycles. The van der Waals surface area contributed by atoms with E-state index in [0.29, 0.717) is 23.2 Å². The highest BCUT2D eigenvalue weighted by Gasteiger charge is 2.43. The molecular formula is C20H25N5O2. The van der Waals surface area contributed by atoms with Crippen LogP contribution >= 0.6 is 0 Å². The molecule has 0 spiro atoms. The fourth-order valence-corrected chi connectivity index (χ4v) is 4.48. The van der Waals surface area contributed by atoms with Crippen LogP contribution in [0.5, 0.6) is 0 Å². The van der Waals surface area contributed by atoms with Crippen LogP contribution in [0.1, 0.15) is 23.2 Å². The van der Waals surface area contributed by atoms with Gasteiger partial charge >= 0.3 is 0 Å². The van der Waals surface area contributed by atoms with Crippen molar-refractivity contribution in [2.24, 2.45) is 17.6 Å². The van der Waals surface area contributed by atoms with Gasteiger partial charge in [-0.3, -0.25) is 4.79 Å². The summed E-state index contributed by atoms with van der Waals surface area (Å²) in [5.41, 5.74) is 6.03. The number of hydrogen-bond donors (Lipinski definition) is 2. The third kappa shape index (κ3) is 3.60. The predicted octanol–water partition coefficient (Wildman–Crippen LogP) is 1.92. The average Bonchev–Trinajstić information content (AvgIpc) is 3.11. The Morgan fingerprint density at radius 1 is 1.15 bits per heavy atom. The molecule has 4 atom stereocenters. The first kappa shape index (κ1) is 17.7. The van der Waals surface area contributed by atoms with Gasteiger partial charge in [0.2, 0.25) is 0 Å². The van der Waals surface area contributed by atoms with Gasteiger partial charge in [-0.05, 0) is 48.9 Å². The van der Waals surface area contributed by atoms with Gasteiger partial charge in [-0.2, -0.15) is 0 Å². The van der Waals surface area contributed by atoms with Crippen LogP contribution < -0.4 is 16.0 Å². The molecule has 142 valence electrons. The Kier molecular flexibility index (Phi) is 4.94. The highest BCUT2D eigenvalue weighted by atomic mass is 16.5. The Balaban J connectivity index is 1.51. The van der Waals surface area contributed by atoms with Crippen LogP contribution in [0.2, 0.25) is 0 Å². The van der Waals surface area contributed by atoms with Crippen LogP contribution in [0.4, 0.5) is 11.6 Å². The Labute approximate surface area is 158 Å². The van der Waals surface area contributed by atoms with Gasteiger partial charge in [-0.1, -0.05) is 6.07 Å². The highest BCUT2D eigenvalue weighted by Crippen LogP contribution is 2.40. The van der Waals surface area contributed by atoms with E-state index in [4.69, 9.17) is 10.5 Å². The maximum atomic E-state index is 11.8. The summed E-state index contributed by atoms with van der Waals surface area (Å²) in [5, 5.41) is 3.53. The standard InChI is InChI=1S/C20H25N5O2/c1-27-17-10-14-12-25(20-15(19(21)26)5-4-8-23-20)11-13(14)9-16(17)24-18-6-2-3-7-22-18/h2-8,13-14,16-17H,9-12H2,1H3,(H2,21,26)(H,22,24)/t13-,14+,16-,17-/m1/s1. The summed E-state index contributed by atoms with van der Waals surface area (Å²) < 4.78 is 5.79. The molecule has 0 unspecified atom stereocenters. The van der Waals surface area contributed by atoms with Crippen molar-refractivity contribution in [1.29, 1.82) is 0 Å². The van der Waals surface area contributed by atoms with Crippen LogP contribution in [-0.2, 0) is 4.74 Å². The zero-order chi connectivity index (χ0) is 18.8. The molecule has 0 aromatic carbocycles. The average molecular weight is 367 g/mol. The summed E-state index contributed by atoms with van der Waals surface area (Å²) in [5.74, 6) is 2.17. The van der Waals surface area contributed by atoms with Gasteiger partial charge in [0.05, 0.1) is 17.7 Å². The Hall–Kier alpha value is -2.67. The van der Waals surface area contributed by atoms with Gasteiger partial charge in [0.1, 0.15) is 11.6 Å². The molecule has 2 aromatic rings. The molecule has 7 heteroatoms. The zero-order valence-electron chi connectivity index (χ0n) is 15.4. The van der Waals surface area contributed by atoms with E-state index in [1.807, 2.05) is 18.2 Å². The van der Waals surface area contributed by atoms with Crippen molar-refractivity contribution in [3.63, 3.8) is 0 Å². The second-order valence-electron chi connectivity index (χ2n) is 7.38. The van der Waals surface area contributed by atoms with Crippen LogP contribution in [0.15, 0.2) is 42.7 Å². The molecule has 3 heterocycles. The molecular weight excluding hydrogens is 342 g/mol. The molecule has 1 amide bonds. The van der Waals surface area contributed by atoms with Crippen LogP contribution in [0.3, 0.4) is 0 Å². The van der Waals surface area contributed by atoms with Crippen LogP contribution in [-0.4, -0.2) is 48.2 Å². The summed E-state index contributed by atoms with van der Waals surface area (Å²) in [7, 11) is 1.77. The molecule has 2 aliphatic rings. The van der Waals surface area contributed by atoms with Gasteiger partial charge in [0, 0.05) is 32.6 Å². The van der Waals surface area contributed by atoms with Crippen LogP contribution in [0.25, 0.3) is 0 Å². The lowest BCUT2D eigenvalue weighted by Gasteiger charge is -2.37. The third-order valence-electron chi connectivity index (χ3n) is 5.77. The minimum atomic E-state index is -0.433. The second kappa shape index (κ2) is 7.52. The predicted molar refractivity (Wildman–Crippen MR) is 104 cm³/mol. The van der Waals surface area contributed by atoms with E-state index in [1.165, 1.54) is 0 Å². The first-order valence-electron chi connectivity index (χ1n) is 9.36. The van der Waals surface area contributed by atoms with Gasteiger partial charge in [-0.15, -0.1) is 0 Å². The summed E-state index contributed by atoms with van der Waals surface area (Å²) in [6.07, 6.45) is 5.61. The summed E-state index contributed by atoms with van der Waals surface area (Å²) in [4.78, 5) is 22.8. The van der Waals surface area contributed by atoms with Crippen LogP contribution in [0, 0.1) is 11.8 Å². The van der Waals surface area contributed by atoms with Gasteiger partial charge in [-0.25, -0.2) is 9.97 Å². The lowest BCUT2D eigenvalue weighted by atomic mass is 9.77. The number of methoxy groups -OCH3 is 1. The largest absolute Gasteiger partial charge is 0.379 e. The number of carbonyl (C=O) groups excluding carboxylic acids is 1. The number of fused-ring (bicyclic) bond motifs is 1. The first-order chi connectivity index (χ1) is 13.2. The topological polar surface area (TPSA) is 93.4 Å². The molecule has 0 radical (unpaired) electrons. The monoisotopic (exact) mass is 367 g/mol. The van der Waals surface area contributed by atoms with Crippen molar-refractivity contribution < 1.29 is 9.53 Å². The number of nitrogens with one attached hydrogen (secondary N) is 1. The summed E-state index contributed by atoms with van der Waals surface area (Å²) in [6.45, 7) is 1.75. The smallest absolute Gasteiger partial charge is 0.252 e. The van der Waals surface area contributed by atoms with E-state index in [0.717, 1.165) is 31.7 Å². The Morgan fingerprint density at radius 2 is 1.93 bits per heavy atom. The number of nitrogens with two attached hydrogens (primary N) is 1. The minimum absolute atomic E-state index is 0.132. The quantitative estimate of drug-likeness (QED) is 0.839. The Morgan fingerprint density at radius 3 is 2.63 bits per heavy atom. The van der Waals surface area contributed by atoms with E-state index in [9.17, 15) is 4.79 Å². The van der Waals surface area contributed by atoms with Gasteiger partial charge in [0.15, 0.2) is 0 Å². The highest BCUT2D eigenvalue weighted by molar-refractivity contribution is 5.97. The van der Waals surface area contributed by atoms with Crippen molar-refractivity contribution >= 4 is 17.5 Å². The molecule has 1 saturated heterocycles. The summed E-state index contributed by atoms with van der Waals surface area (Å²) >= 11 is 0. The molecule has 1 aliphatic carbocycles. The number of primary amides is 1. The molecule has 7 nitrogen and oxygen atoms in total. The number of rotatable bonds is 5. The first-order valence-corrected chi connectivity index (χ1v) is 9.36. The molecule has 2 aromatic heterocycles. The number of nitrogens with zero attached hydrogens (tertiary/aromatic N) is 3. The normalized spacial score (nSPS) is 27.2. The lowest BCUT2D eigenvalue weighted by molar-refractivity contribution is 0.0305. The zero-order valence-corrected chi connectivity index (χ0v) is 15.4. The molecule has 27 heavy (non-hydrogen) atoms. The van der Waals surface area contributed by atoms with E-state index in [-0.39, 0.29) is 12.1 Å².